The Morgan fingerprint density at radius 3 is 2.71 bits per heavy atom. The van der Waals surface area contributed by atoms with Crippen LogP contribution in [0.15, 0.2) is 22.7 Å². The Labute approximate surface area is 135 Å². The first-order valence-corrected chi connectivity index (χ1v) is 8.47. The average molecular weight is 354 g/mol. The van der Waals surface area contributed by atoms with Crippen molar-refractivity contribution >= 4 is 21.7 Å². The van der Waals surface area contributed by atoms with Gasteiger partial charge in [-0.05, 0) is 56.1 Å². The third-order valence-electron chi connectivity index (χ3n) is 4.48. The number of halogens is 1. The van der Waals surface area contributed by atoms with Gasteiger partial charge in [-0.1, -0.05) is 29.3 Å². The lowest BCUT2D eigenvalue weighted by atomic mass is 9.70. The summed E-state index contributed by atoms with van der Waals surface area (Å²) in [4.78, 5) is 12.9. The summed E-state index contributed by atoms with van der Waals surface area (Å²) in [5.41, 5.74) is 0.885. The number of ketones is 1. The first kappa shape index (κ1) is 16.5. The maximum absolute atomic E-state index is 12.9. The number of carbonyl (C=O) groups excluding carboxylic acids is 1. The van der Waals surface area contributed by atoms with Gasteiger partial charge in [-0.3, -0.25) is 4.79 Å². The highest BCUT2D eigenvalue weighted by Gasteiger charge is 2.38. The van der Waals surface area contributed by atoms with Crippen LogP contribution in [0.25, 0.3) is 0 Å². The van der Waals surface area contributed by atoms with E-state index in [0.29, 0.717) is 12.2 Å². The van der Waals surface area contributed by atoms with Gasteiger partial charge in [-0.25, -0.2) is 0 Å². The molecule has 1 N–H and O–H groups in total. The molecule has 21 heavy (non-hydrogen) atoms. The molecule has 1 fully saturated rings. The number of Topliss-reactive ketones (excluding diaryl/α,β-unsaturated/α-hetero) is 1. The molecule has 0 bridgehead atoms. The van der Waals surface area contributed by atoms with Gasteiger partial charge in [0.15, 0.2) is 0 Å². The number of benzene rings is 1. The highest BCUT2D eigenvalue weighted by Crippen LogP contribution is 2.37. The molecule has 1 aromatic rings. The van der Waals surface area contributed by atoms with Crippen LogP contribution in [-0.4, -0.2) is 26.0 Å². The van der Waals surface area contributed by atoms with Gasteiger partial charge < -0.3 is 10.1 Å². The number of rotatable bonds is 6. The van der Waals surface area contributed by atoms with E-state index >= 15 is 0 Å². The van der Waals surface area contributed by atoms with Gasteiger partial charge in [-0.2, -0.15) is 0 Å². The molecular weight excluding hydrogens is 330 g/mol. The van der Waals surface area contributed by atoms with Crippen molar-refractivity contribution in [3.8, 4) is 5.75 Å². The normalized spacial score (nSPS) is 17.5. The molecule has 0 unspecified atom stereocenters. The molecule has 0 radical (unpaired) electrons. The second-order valence-corrected chi connectivity index (χ2v) is 6.69. The number of carbonyl (C=O) groups is 1. The molecule has 1 heterocycles. The summed E-state index contributed by atoms with van der Waals surface area (Å²) >= 11 is 3.55. The fourth-order valence-corrected chi connectivity index (χ4v) is 3.61. The molecule has 1 aliphatic heterocycles. The van der Waals surface area contributed by atoms with E-state index in [9.17, 15) is 4.79 Å². The summed E-state index contributed by atoms with van der Waals surface area (Å²) in [6.07, 6.45) is 4.46. The highest BCUT2D eigenvalue weighted by molar-refractivity contribution is 9.10. The molecule has 0 spiro atoms. The van der Waals surface area contributed by atoms with Gasteiger partial charge in [0.2, 0.25) is 0 Å². The smallest absolute Gasteiger partial charge is 0.143 e. The Hall–Kier alpha value is -0.870. The zero-order chi connectivity index (χ0) is 15.3. The third-order valence-corrected chi connectivity index (χ3v) is 5.26. The summed E-state index contributed by atoms with van der Waals surface area (Å²) in [7, 11) is 1.65. The monoisotopic (exact) mass is 353 g/mol. The Kier molecular flexibility index (Phi) is 5.82. The van der Waals surface area contributed by atoms with Crippen LogP contribution in [0.3, 0.4) is 0 Å². The predicted molar refractivity (Wildman–Crippen MR) is 88.8 cm³/mol. The molecule has 2 rings (SSSR count). The van der Waals surface area contributed by atoms with E-state index in [0.717, 1.165) is 54.6 Å². The largest absolute Gasteiger partial charge is 0.497 e. The van der Waals surface area contributed by atoms with Crippen molar-refractivity contribution in [2.45, 2.75) is 39.0 Å². The Bertz CT molecular complexity index is 490. The van der Waals surface area contributed by atoms with E-state index in [4.69, 9.17) is 4.74 Å². The van der Waals surface area contributed by atoms with Gasteiger partial charge in [0.25, 0.3) is 0 Å². The van der Waals surface area contributed by atoms with Crippen molar-refractivity contribution in [2.24, 2.45) is 5.41 Å². The molecule has 1 aliphatic rings. The lowest BCUT2D eigenvalue weighted by Gasteiger charge is -2.36. The number of methoxy groups -OCH3 is 1. The van der Waals surface area contributed by atoms with Gasteiger partial charge in [0.05, 0.1) is 7.11 Å². The number of piperidine rings is 1. The van der Waals surface area contributed by atoms with Gasteiger partial charge in [-0.15, -0.1) is 0 Å². The molecule has 0 aliphatic carbocycles. The van der Waals surface area contributed by atoms with Crippen LogP contribution in [0, 0.1) is 5.41 Å². The van der Waals surface area contributed by atoms with Crippen LogP contribution >= 0.6 is 15.9 Å². The zero-order valence-corrected chi connectivity index (χ0v) is 14.5. The lowest BCUT2D eigenvalue weighted by Crippen LogP contribution is -2.42. The van der Waals surface area contributed by atoms with Crippen LogP contribution in [0.4, 0.5) is 0 Å². The van der Waals surface area contributed by atoms with E-state index in [-0.39, 0.29) is 5.41 Å². The summed E-state index contributed by atoms with van der Waals surface area (Å²) in [5.74, 6) is 1.18. The SMILES string of the molecule is CCCC1(C(=O)Cc2cc(OC)ccc2Br)CCNCC1. The van der Waals surface area contributed by atoms with Crippen LogP contribution in [0.5, 0.6) is 5.75 Å². The molecule has 0 aromatic heterocycles. The summed E-state index contributed by atoms with van der Waals surface area (Å²) in [5, 5.41) is 3.36. The fourth-order valence-electron chi connectivity index (χ4n) is 3.23. The van der Waals surface area contributed by atoms with Crippen molar-refractivity contribution in [3.63, 3.8) is 0 Å². The maximum atomic E-state index is 12.9. The Morgan fingerprint density at radius 1 is 1.38 bits per heavy atom. The predicted octanol–water partition coefficient (Wildman–Crippen LogP) is 3.74. The van der Waals surface area contributed by atoms with Gasteiger partial charge >= 0.3 is 0 Å². The summed E-state index contributed by atoms with van der Waals surface area (Å²) < 4.78 is 6.25. The van der Waals surface area contributed by atoms with Crippen LogP contribution in [0.1, 0.15) is 38.2 Å². The molecule has 0 amide bonds. The Balaban J connectivity index is 2.18. The molecule has 1 aromatic carbocycles. The molecule has 3 nitrogen and oxygen atoms in total. The van der Waals surface area contributed by atoms with Crippen molar-refractivity contribution in [1.29, 1.82) is 0 Å². The van der Waals surface area contributed by atoms with Crippen molar-refractivity contribution in [3.05, 3.63) is 28.2 Å². The highest BCUT2D eigenvalue weighted by atomic mass is 79.9. The Morgan fingerprint density at radius 2 is 2.10 bits per heavy atom. The van der Waals surface area contributed by atoms with E-state index in [2.05, 4.69) is 28.2 Å². The number of hydrogen-bond acceptors (Lipinski definition) is 3. The van der Waals surface area contributed by atoms with Crippen molar-refractivity contribution in [2.75, 3.05) is 20.2 Å². The first-order chi connectivity index (χ1) is 10.1. The van der Waals surface area contributed by atoms with Gasteiger partial charge in [0, 0.05) is 16.3 Å². The minimum absolute atomic E-state index is 0.136. The summed E-state index contributed by atoms with van der Waals surface area (Å²) in [6.45, 7) is 4.06. The topological polar surface area (TPSA) is 38.3 Å². The first-order valence-electron chi connectivity index (χ1n) is 7.68. The summed E-state index contributed by atoms with van der Waals surface area (Å²) in [6, 6.07) is 5.82. The van der Waals surface area contributed by atoms with E-state index in [1.807, 2.05) is 18.2 Å². The van der Waals surface area contributed by atoms with Crippen LogP contribution in [0.2, 0.25) is 0 Å². The van der Waals surface area contributed by atoms with E-state index in [1.165, 1.54) is 0 Å². The van der Waals surface area contributed by atoms with Crippen LogP contribution < -0.4 is 10.1 Å². The zero-order valence-electron chi connectivity index (χ0n) is 12.9. The maximum Gasteiger partial charge on any atom is 0.143 e. The quantitative estimate of drug-likeness (QED) is 0.846. The van der Waals surface area contributed by atoms with Crippen LogP contribution in [-0.2, 0) is 11.2 Å². The molecular formula is C17H24BrNO2. The lowest BCUT2D eigenvalue weighted by molar-refractivity contribution is -0.130. The number of hydrogen-bond donors (Lipinski definition) is 1. The molecule has 0 saturated carbocycles. The second kappa shape index (κ2) is 7.41. The standard InChI is InChI=1S/C17H24BrNO2/c1-3-6-17(7-9-19-10-8-17)16(20)12-13-11-14(21-2)4-5-15(13)18/h4-5,11,19H,3,6-10,12H2,1-2H3. The van der Waals surface area contributed by atoms with Crippen molar-refractivity contribution < 1.29 is 9.53 Å². The second-order valence-electron chi connectivity index (χ2n) is 5.84. The van der Waals surface area contributed by atoms with E-state index in [1.54, 1.807) is 7.11 Å². The molecule has 0 atom stereocenters. The fraction of sp³-hybridized carbons (Fsp3) is 0.588. The minimum Gasteiger partial charge on any atom is -0.497 e. The van der Waals surface area contributed by atoms with E-state index < -0.39 is 0 Å². The molecule has 1 saturated heterocycles. The van der Waals surface area contributed by atoms with Crippen molar-refractivity contribution in [1.82, 2.24) is 5.32 Å². The molecule has 116 valence electrons. The number of ether oxygens (including phenoxy) is 1. The number of nitrogens with one attached hydrogen (secondary N) is 1. The third kappa shape index (κ3) is 3.86. The van der Waals surface area contributed by atoms with Gasteiger partial charge in [0.1, 0.15) is 11.5 Å². The molecule has 4 heteroatoms. The minimum atomic E-state index is -0.136. The average Bonchev–Trinajstić information content (AvgIpc) is 2.50.